The average Bonchev–Trinajstić information content (AvgIpc) is 2.38. The molecule has 1 atom stereocenters. The van der Waals surface area contributed by atoms with Crippen molar-refractivity contribution in [3.8, 4) is 12.1 Å². The lowest BCUT2D eigenvalue weighted by molar-refractivity contribution is 0.389. The van der Waals surface area contributed by atoms with E-state index in [0.29, 0.717) is 0 Å². The van der Waals surface area contributed by atoms with E-state index in [-0.39, 0.29) is 16.4 Å². The highest BCUT2D eigenvalue weighted by Crippen LogP contribution is 2.20. The van der Waals surface area contributed by atoms with Gasteiger partial charge in [-0.3, -0.25) is 0 Å². The van der Waals surface area contributed by atoms with Crippen molar-refractivity contribution >= 4 is 10.0 Å². The van der Waals surface area contributed by atoms with Gasteiger partial charge in [-0.05, 0) is 31.0 Å². The molecular weight excluding hydrogens is 262 g/mol. The van der Waals surface area contributed by atoms with E-state index < -0.39 is 15.6 Å². The highest BCUT2D eigenvalue weighted by atomic mass is 32.2. The van der Waals surface area contributed by atoms with Crippen molar-refractivity contribution in [2.75, 3.05) is 0 Å². The zero-order valence-corrected chi connectivity index (χ0v) is 11.8. The molecule has 0 radical (unpaired) electrons. The van der Waals surface area contributed by atoms with E-state index in [1.807, 2.05) is 12.1 Å². The zero-order chi connectivity index (χ0) is 14.7. The van der Waals surface area contributed by atoms with E-state index >= 15 is 0 Å². The van der Waals surface area contributed by atoms with E-state index in [2.05, 4.69) is 4.72 Å². The number of benzene rings is 1. The van der Waals surface area contributed by atoms with Crippen LogP contribution in [0.4, 0.5) is 0 Å². The van der Waals surface area contributed by atoms with Crippen molar-refractivity contribution in [3.05, 3.63) is 29.8 Å². The minimum Gasteiger partial charge on any atom is -0.207 e. The van der Waals surface area contributed by atoms with Crippen LogP contribution in [0.15, 0.2) is 29.2 Å². The number of hydrogen-bond acceptors (Lipinski definition) is 4. The summed E-state index contributed by atoms with van der Waals surface area (Å²) in [5, 5.41) is 17.9. The molecule has 1 aromatic rings. The van der Waals surface area contributed by atoms with Crippen molar-refractivity contribution < 1.29 is 8.42 Å². The van der Waals surface area contributed by atoms with Gasteiger partial charge in [0.15, 0.2) is 0 Å². The zero-order valence-electron chi connectivity index (χ0n) is 11.0. The lowest BCUT2D eigenvalue weighted by atomic mass is 9.92. The van der Waals surface area contributed by atoms with Crippen molar-refractivity contribution in [2.45, 2.75) is 31.2 Å². The third-order valence-electron chi connectivity index (χ3n) is 3.01. The van der Waals surface area contributed by atoms with Crippen LogP contribution >= 0.6 is 0 Å². The molecular formula is C13H15N3O2S. The van der Waals surface area contributed by atoms with Gasteiger partial charge in [-0.25, -0.2) is 8.42 Å². The second-order valence-electron chi connectivity index (χ2n) is 4.71. The third-order valence-corrected chi connectivity index (χ3v) is 4.57. The van der Waals surface area contributed by atoms with Gasteiger partial charge in [0.2, 0.25) is 10.0 Å². The molecule has 1 N–H and O–H groups in total. The van der Waals surface area contributed by atoms with Crippen molar-refractivity contribution in [2.24, 2.45) is 5.92 Å². The van der Waals surface area contributed by atoms with Crippen molar-refractivity contribution in [3.63, 3.8) is 0 Å². The number of rotatable bonds is 4. The molecule has 0 spiro atoms. The standard InChI is InChI=1S/C13H15N3O2S/c1-10(2)13(3,9-15)16-19(17,18)12-6-4-5-11(7-12)8-14/h4-7,10,16H,1-3H3/t13-/m1/s1. The molecule has 0 heterocycles. The van der Waals surface area contributed by atoms with Crippen LogP contribution in [0.2, 0.25) is 0 Å². The molecule has 1 rings (SSSR count). The maximum Gasteiger partial charge on any atom is 0.241 e. The van der Waals surface area contributed by atoms with E-state index in [1.54, 1.807) is 13.8 Å². The molecule has 100 valence electrons. The normalized spacial score (nSPS) is 14.4. The number of hydrogen-bond donors (Lipinski definition) is 1. The predicted molar refractivity (Wildman–Crippen MR) is 70.3 cm³/mol. The largest absolute Gasteiger partial charge is 0.241 e. The van der Waals surface area contributed by atoms with E-state index in [0.717, 1.165) is 0 Å². The maximum atomic E-state index is 12.2. The molecule has 0 aliphatic carbocycles. The summed E-state index contributed by atoms with van der Waals surface area (Å²) in [4.78, 5) is -0.0197. The van der Waals surface area contributed by atoms with Gasteiger partial charge in [0.25, 0.3) is 0 Å². The number of sulfonamides is 1. The van der Waals surface area contributed by atoms with Gasteiger partial charge in [0, 0.05) is 0 Å². The lowest BCUT2D eigenvalue weighted by Gasteiger charge is -2.26. The Morgan fingerprint density at radius 2 is 1.95 bits per heavy atom. The minimum atomic E-state index is -3.83. The SMILES string of the molecule is CC(C)[C@@](C)(C#N)NS(=O)(=O)c1cccc(C#N)c1. The third kappa shape index (κ3) is 3.31. The average molecular weight is 277 g/mol. The van der Waals surface area contributed by atoms with Gasteiger partial charge < -0.3 is 0 Å². The molecule has 0 amide bonds. The Morgan fingerprint density at radius 1 is 1.32 bits per heavy atom. The Kier molecular flexibility index (Phi) is 4.31. The van der Waals surface area contributed by atoms with Crippen LogP contribution in [0.25, 0.3) is 0 Å². The van der Waals surface area contributed by atoms with E-state index in [9.17, 15) is 8.42 Å². The molecule has 0 aliphatic heterocycles. The summed E-state index contributed by atoms with van der Waals surface area (Å²) in [7, 11) is -3.83. The fourth-order valence-corrected chi connectivity index (χ4v) is 2.84. The number of nitriles is 2. The van der Waals surface area contributed by atoms with Crippen LogP contribution in [-0.4, -0.2) is 14.0 Å². The van der Waals surface area contributed by atoms with E-state index in [1.165, 1.54) is 31.2 Å². The van der Waals surface area contributed by atoms with Gasteiger partial charge >= 0.3 is 0 Å². The summed E-state index contributed by atoms with van der Waals surface area (Å²) < 4.78 is 26.8. The van der Waals surface area contributed by atoms with Crippen LogP contribution in [0.3, 0.4) is 0 Å². The van der Waals surface area contributed by atoms with Crippen LogP contribution in [-0.2, 0) is 10.0 Å². The molecule has 0 aliphatic rings. The smallest absolute Gasteiger partial charge is 0.207 e. The molecule has 0 aromatic heterocycles. The van der Waals surface area contributed by atoms with Crippen molar-refractivity contribution in [1.82, 2.24) is 4.72 Å². The van der Waals surface area contributed by atoms with Crippen LogP contribution in [0.1, 0.15) is 26.3 Å². The van der Waals surface area contributed by atoms with Gasteiger partial charge in [-0.15, -0.1) is 0 Å². The maximum absolute atomic E-state index is 12.2. The summed E-state index contributed by atoms with van der Waals surface area (Å²) in [5.41, 5.74) is -0.937. The van der Waals surface area contributed by atoms with Crippen LogP contribution in [0, 0.1) is 28.6 Å². The fraction of sp³-hybridized carbons (Fsp3) is 0.385. The highest BCUT2D eigenvalue weighted by molar-refractivity contribution is 7.89. The summed E-state index contributed by atoms with van der Waals surface area (Å²) in [6, 6.07) is 9.54. The van der Waals surface area contributed by atoms with Gasteiger partial charge in [-0.2, -0.15) is 15.2 Å². The first-order valence-corrected chi connectivity index (χ1v) is 7.19. The second kappa shape index (κ2) is 5.40. The van der Waals surface area contributed by atoms with E-state index in [4.69, 9.17) is 10.5 Å². The summed E-state index contributed by atoms with van der Waals surface area (Å²) in [6.07, 6.45) is 0. The minimum absolute atomic E-state index is 0.0197. The lowest BCUT2D eigenvalue weighted by Crippen LogP contribution is -2.48. The Labute approximate surface area is 113 Å². The topological polar surface area (TPSA) is 93.8 Å². The molecule has 5 nitrogen and oxygen atoms in total. The Bertz CT molecular complexity index is 653. The number of nitrogens with zero attached hydrogens (tertiary/aromatic N) is 2. The van der Waals surface area contributed by atoms with Gasteiger partial charge in [0.1, 0.15) is 5.54 Å². The Balaban J connectivity index is 3.20. The summed E-state index contributed by atoms with van der Waals surface area (Å²) in [5.74, 6) is -0.188. The first-order valence-electron chi connectivity index (χ1n) is 5.70. The molecule has 0 saturated heterocycles. The molecule has 1 aromatic carbocycles. The molecule has 0 fully saturated rings. The molecule has 6 heteroatoms. The molecule has 0 bridgehead atoms. The molecule has 0 unspecified atom stereocenters. The van der Waals surface area contributed by atoms with Gasteiger partial charge in [0.05, 0.1) is 22.6 Å². The first-order chi connectivity index (χ1) is 8.75. The summed E-state index contributed by atoms with van der Waals surface area (Å²) in [6.45, 7) is 5.05. The Morgan fingerprint density at radius 3 is 2.42 bits per heavy atom. The summed E-state index contributed by atoms with van der Waals surface area (Å²) >= 11 is 0. The van der Waals surface area contributed by atoms with Crippen LogP contribution in [0.5, 0.6) is 0 Å². The van der Waals surface area contributed by atoms with Crippen molar-refractivity contribution in [1.29, 1.82) is 10.5 Å². The number of nitrogens with one attached hydrogen (secondary N) is 1. The van der Waals surface area contributed by atoms with Crippen LogP contribution < -0.4 is 4.72 Å². The first kappa shape index (κ1) is 15.2. The Hall–Kier alpha value is -1.89. The molecule has 0 saturated carbocycles. The monoisotopic (exact) mass is 277 g/mol. The highest BCUT2D eigenvalue weighted by Gasteiger charge is 2.33. The quantitative estimate of drug-likeness (QED) is 0.907. The predicted octanol–water partition coefficient (Wildman–Crippen LogP) is 1.77. The molecule has 19 heavy (non-hydrogen) atoms. The van der Waals surface area contributed by atoms with Gasteiger partial charge in [-0.1, -0.05) is 19.9 Å². The second-order valence-corrected chi connectivity index (χ2v) is 6.40. The fourth-order valence-electron chi connectivity index (χ4n) is 1.34.